The summed E-state index contributed by atoms with van der Waals surface area (Å²) < 4.78 is 3.42. The molecule has 11 heteroatoms. The zero-order chi connectivity index (χ0) is 23.3. The lowest BCUT2D eigenvalue weighted by Crippen LogP contribution is -2.36. The zero-order valence-corrected chi connectivity index (χ0v) is 18.6. The van der Waals surface area contributed by atoms with Crippen molar-refractivity contribution >= 4 is 29.8 Å². The number of imidazole rings is 1. The quantitative estimate of drug-likeness (QED) is 0.495. The highest BCUT2D eigenvalue weighted by atomic mass is 32.2. The molecule has 0 bridgehead atoms. The van der Waals surface area contributed by atoms with Crippen LogP contribution in [0.1, 0.15) is 42.0 Å². The monoisotopic (exact) mass is 459 g/mol. The predicted octanol–water partition coefficient (Wildman–Crippen LogP) is 1.89. The van der Waals surface area contributed by atoms with E-state index in [0.717, 1.165) is 35.6 Å². The molecular weight excluding hydrogens is 434 g/mol. The molecule has 10 nitrogen and oxygen atoms in total. The van der Waals surface area contributed by atoms with E-state index in [1.165, 1.54) is 0 Å². The van der Waals surface area contributed by atoms with Crippen molar-refractivity contribution in [3.8, 4) is 0 Å². The van der Waals surface area contributed by atoms with E-state index in [1.807, 2.05) is 13.0 Å². The van der Waals surface area contributed by atoms with Crippen LogP contribution in [0.25, 0.3) is 5.65 Å². The Morgan fingerprint density at radius 1 is 1.41 bits per heavy atom. The maximum atomic E-state index is 11.6. The van der Waals surface area contributed by atoms with Crippen LogP contribution in [0.4, 0.5) is 4.79 Å². The summed E-state index contributed by atoms with van der Waals surface area (Å²) in [6.07, 6.45) is 2.79. The second-order valence-electron chi connectivity index (χ2n) is 7.21. The Bertz CT molecular complexity index is 1250. The van der Waals surface area contributed by atoms with Crippen LogP contribution >= 0.6 is 11.8 Å². The normalized spacial score (nSPS) is 13.6. The van der Waals surface area contributed by atoms with Gasteiger partial charge in [0.25, 0.3) is 5.56 Å². The van der Waals surface area contributed by atoms with Crippen LogP contribution in [-0.4, -0.2) is 42.2 Å². The summed E-state index contributed by atoms with van der Waals surface area (Å²) in [6.45, 7) is 4.46. The molecule has 4 heterocycles. The van der Waals surface area contributed by atoms with Crippen molar-refractivity contribution in [1.82, 2.24) is 24.3 Å². The number of hydrogen-bond donors (Lipinski definition) is 3. The number of carboxylic acid groups (broad SMARTS) is 1. The number of thioether (sulfide) groups is 1. The Morgan fingerprint density at radius 2 is 2.19 bits per heavy atom. The molecule has 0 radical (unpaired) electrons. The number of hydrogen-bond acceptors (Lipinski definition) is 6. The van der Waals surface area contributed by atoms with Crippen LogP contribution in [0.15, 0.2) is 34.0 Å². The van der Waals surface area contributed by atoms with Gasteiger partial charge >= 0.3 is 11.8 Å². The number of aromatic nitrogens is 4. The van der Waals surface area contributed by atoms with Gasteiger partial charge in [0, 0.05) is 29.8 Å². The highest BCUT2D eigenvalue weighted by Gasteiger charge is 2.20. The lowest BCUT2D eigenvalue weighted by Gasteiger charge is -2.18. The van der Waals surface area contributed by atoms with E-state index < -0.39 is 12.1 Å². The van der Waals surface area contributed by atoms with Crippen molar-refractivity contribution in [2.45, 2.75) is 45.0 Å². The van der Waals surface area contributed by atoms with E-state index in [1.54, 1.807) is 46.0 Å². The van der Waals surface area contributed by atoms with Crippen molar-refractivity contribution in [2.24, 2.45) is 0 Å². The van der Waals surface area contributed by atoms with Gasteiger partial charge in [0.1, 0.15) is 18.0 Å². The van der Waals surface area contributed by atoms with Crippen molar-refractivity contribution in [1.29, 1.82) is 0 Å². The van der Waals surface area contributed by atoms with E-state index in [9.17, 15) is 19.2 Å². The number of aldehydes is 1. The molecule has 32 heavy (non-hydrogen) atoms. The summed E-state index contributed by atoms with van der Waals surface area (Å²) in [7, 11) is 0. The van der Waals surface area contributed by atoms with Crippen LogP contribution in [0.3, 0.4) is 0 Å². The molecule has 0 aliphatic carbocycles. The maximum absolute atomic E-state index is 11.6. The predicted molar refractivity (Wildman–Crippen MR) is 121 cm³/mol. The Hall–Kier alpha value is -3.34. The van der Waals surface area contributed by atoms with Gasteiger partial charge in [-0.1, -0.05) is 13.0 Å². The molecule has 0 aromatic carbocycles. The summed E-state index contributed by atoms with van der Waals surface area (Å²) in [5.74, 6) is 1.73. The smallest absolute Gasteiger partial charge is 0.405 e. The van der Waals surface area contributed by atoms with Gasteiger partial charge < -0.3 is 19.6 Å². The van der Waals surface area contributed by atoms with Gasteiger partial charge in [-0.3, -0.25) is 14.3 Å². The molecule has 170 valence electrons. The van der Waals surface area contributed by atoms with E-state index >= 15 is 0 Å². The number of pyridine rings is 1. The minimum Gasteiger partial charge on any atom is -0.465 e. The summed E-state index contributed by atoms with van der Waals surface area (Å²) in [5, 5.41) is 10.8. The molecule has 3 aromatic heterocycles. The van der Waals surface area contributed by atoms with Crippen LogP contribution in [0, 0.1) is 6.92 Å². The van der Waals surface area contributed by atoms with E-state index in [0.29, 0.717) is 29.9 Å². The summed E-state index contributed by atoms with van der Waals surface area (Å²) in [4.78, 5) is 51.4. The summed E-state index contributed by atoms with van der Waals surface area (Å²) in [5.41, 5.74) is 3.13. The molecular formula is C21H25N5O5S. The number of amides is 1. The molecule has 0 spiro atoms. The van der Waals surface area contributed by atoms with Gasteiger partial charge in [-0.2, -0.15) is 11.8 Å². The molecule has 1 aliphatic rings. The number of aromatic amines is 1. The number of nitrogens with zero attached hydrogens (tertiary/aromatic N) is 3. The van der Waals surface area contributed by atoms with Gasteiger partial charge in [-0.05, 0) is 37.7 Å². The molecule has 3 N–H and O–H groups in total. The standard InChI is InChI=1S/C11H11N3O3.C10H14N2O2S/c1-7-10(8(6-15)13-11(16)17)14-5-3-2-4-9(14)12-7;1-2-4-12-8-3-5-15-6-7(8)9(13)11-10(12)14/h2-6,8,13H,1H3,(H,16,17);2-6H2,1H3,(H,11,13,14). The SMILES string of the molecule is CCCn1c2c(c(=O)[nH]c1=O)CSCC2.Cc1nc2ccccn2c1C(C=O)NC(=O)O. The maximum Gasteiger partial charge on any atom is 0.405 e. The lowest BCUT2D eigenvalue weighted by atomic mass is 10.2. The van der Waals surface area contributed by atoms with Crippen LogP contribution in [0.2, 0.25) is 0 Å². The average Bonchev–Trinajstić information content (AvgIpc) is 3.11. The van der Waals surface area contributed by atoms with E-state index in [2.05, 4.69) is 15.3 Å². The fourth-order valence-electron chi connectivity index (χ4n) is 3.70. The summed E-state index contributed by atoms with van der Waals surface area (Å²) in [6, 6.07) is 4.50. The molecule has 0 saturated carbocycles. The minimum absolute atomic E-state index is 0.199. The number of fused-ring (bicyclic) bond motifs is 2. The van der Waals surface area contributed by atoms with Crippen LogP contribution in [-0.2, 0) is 23.5 Å². The van der Waals surface area contributed by atoms with Gasteiger partial charge in [-0.15, -0.1) is 0 Å². The van der Waals surface area contributed by atoms with Crippen molar-refractivity contribution in [2.75, 3.05) is 5.75 Å². The fraction of sp³-hybridized carbons (Fsp3) is 0.381. The van der Waals surface area contributed by atoms with Gasteiger partial charge in [0.05, 0.1) is 11.4 Å². The van der Waals surface area contributed by atoms with Crippen molar-refractivity contribution in [3.05, 3.63) is 67.9 Å². The minimum atomic E-state index is -1.24. The fourth-order valence-corrected chi connectivity index (χ4v) is 4.69. The molecule has 0 fully saturated rings. The Balaban J connectivity index is 0.000000182. The first-order valence-electron chi connectivity index (χ1n) is 10.2. The zero-order valence-electron chi connectivity index (χ0n) is 17.8. The number of carbonyl (C=O) groups is 2. The lowest BCUT2D eigenvalue weighted by molar-refractivity contribution is -0.109. The van der Waals surface area contributed by atoms with E-state index in [-0.39, 0.29) is 11.2 Å². The van der Waals surface area contributed by atoms with Gasteiger partial charge in [0.15, 0.2) is 0 Å². The summed E-state index contributed by atoms with van der Waals surface area (Å²) >= 11 is 1.75. The van der Waals surface area contributed by atoms with E-state index in [4.69, 9.17) is 5.11 Å². The molecule has 0 saturated heterocycles. The highest BCUT2D eigenvalue weighted by molar-refractivity contribution is 7.98. The van der Waals surface area contributed by atoms with Gasteiger partial charge in [-0.25, -0.2) is 14.6 Å². The number of carbonyl (C=O) groups excluding carboxylic acids is 1. The molecule has 1 amide bonds. The average molecular weight is 460 g/mol. The first kappa shape index (κ1) is 23.3. The molecule has 1 aliphatic heterocycles. The number of rotatable bonds is 5. The topological polar surface area (TPSA) is 139 Å². The molecule has 1 unspecified atom stereocenters. The third-order valence-corrected chi connectivity index (χ3v) is 6.04. The van der Waals surface area contributed by atoms with Crippen molar-refractivity contribution in [3.63, 3.8) is 0 Å². The largest absolute Gasteiger partial charge is 0.465 e. The number of nitrogens with one attached hydrogen (secondary N) is 2. The second-order valence-corrected chi connectivity index (χ2v) is 8.32. The van der Waals surface area contributed by atoms with Crippen LogP contribution in [0.5, 0.6) is 0 Å². The first-order valence-corrected chi connectivity index (χ1v) is 11.3. The molecule has 4 rings (SSSR count). The number of H-pyrrole nitrogens is 1. The van der Waals surface area contributed by atoms with Crippen LogP contribution < -0.4 is 16.6 Å². The van der Waals surface area contributed by atoms with Gasteiger partial charge in [0.2, 0.25) is 0 Å². The Morgan fingerprint density at radius 3 is 2.88 bits per heavy atom. The third-order valence-electron chi connectivity index (χ3n) is 5.05. The first-order chi connectivity index (χ1) is 15.4. The molecule has 3 aromatic rings. The Labute approximate surface area is 187 Å². The molecule has 1 atom stereocenters. The number of aryl methyl sites for hydroxylation is 1. The Kier molecular flexibility index (Phi) is 7.52. The third kappa shape index (κ3) is 4.93. The van der Waals surface area contributed by atoms with Crippen molar-refractivity contribution < 1.29 is 14.7 Å². The highest BCUT2D eigenvalue weighted by Crippen LogP contribution is 2.20. The second kappa shape index (κ2) is 10.3.